The second kappa shape index (κ2) is 7.21. The van der Waals surface area contributed by atoms with E-state index in [0.29, 0.717) is 22.9 Å². The molecule has 0 saturated carbocycles. The van der Waals surface area contributed by atoms with Crippen LogP contribution in [-0.2, 0) is 0 Å². The van der Waals surface area contributed by atoms with E-state index < -0.39 is 11.6 Å². The minimum Gasteiger partial charge on any atom is -0.454 e. The highest BCUT2D eigenvalue weighted by Crippen LogP contribution is 2.21. The largest absolute Gasteiger partial charge is 0.454 e. The fourth-order valence-electron chi connectivity index (χ4n) is 2.28. The molecule has 0 bridgehead atoms. The third-order valence-corrected chi connectivity index (χ3v) is 3.60. The molecule has 0 N–H and O–H groups in total. The van der Waals surface area contributed by atoms with Crippen LogP contribution in [0.2, 0.25) is 0 Å². The van der Waals surface area contributed by atoms with Crippen molar-refractivity contribution in [2.45, 2.75) is 13.8 Å². The Morgan fingerprint density at radius 1 is 0.680 bits per heavy atom. The minimum absolute atomic E-state index is 0.245. The molecule has 0 radical (unpaired) electrons. The first-order chi connectivity index (χ1) is 12.0. The standard InChI is InChI=1S/C20H16F2N2O/c1-13(23-17-9-5-3-7-15(17)21)19-11-12-20(25-19)14(2)24-18-10-6-4-8-16(18)22/h3-12H,1-2H3. The molecule has 3 nitrogen and oxygen atoms in total. The van der Waals surface area contributed by atoms with Crippen LogP contribution < -0.4 is 0 Å². The van der Waals surface area contributed by atoms with Crippen LogP contribution in [0.15, 0.2) is 75.1 Å². The van der Waals surface area contributed by atoms with Crippen molar-refractivity contribution in [2.75, 3.05) is 0 Å². The summed E-state index contributed by atoms with van der Waals surface area (Å²) in [6.07, 6.45) is 0. The smallest absolute Gasteiger partial charge is 0.148 e. The summed E-state index contributed by atoms with van der Waals surface area (Å²) in [5.41, 5.74) is 1.56. The molecule has 0 amide bonds. The second-order valence-corrected chi connectivity index (χ2v) is 5.46. The van der Waals surface area contributed by atoms with Crippen LogP contribution in [0, 0.1) is 11.6 Å². The molecule has 0 aliphatic rings. The van der Waals surface area contributed by atoms with E-state index in [1.807, 2.05) is 0 Å². The summed E-state index contributed by atoms with van der Waals surface area (Å²) in [7, 11) is 0. The van der Waals surface area contributed by atoms with Gasteiger partial charge < -0.3 is 4.42 Å². The molecule has 0 aliphatic carbocycles. The van der Waals surface area contributed by atoms with Crippen molar-refractivity contribution in [3.63, 3.8) is 0 Å². The van der Waals surface area contributed by atoms with E-state index in [4.69, 9.17) is 4.42 Å². The number of furan rings is 1. The summed E-state index contributed by atoms with van der Waals surface area (Å²) in [5.74, 6) is 0.208. The third kappa shape index (κ3) is 3.88. The molecule has 1 heterocycles. The number of nitrogens with zero attached hydrogens (tertiary/aromatic N) is 2. The molecule has 5 heteroatoms. The molecule has 25 heavy (non-hydrogen) atoms. The topological polar surface area (TPSA) is 37.9 Å². The Kier molecular flexibility index (Phi) is 4.84. The van der Waals surface area contributed by atoms with Crippen LogP contribution in [0.3, 0.4) is 0 Å². The Bertz CT molecular complexity index is 882. The lowest BCUT2D eigenvalue weighted by Gasteiger charge is -2.00. The summed E-state index contributed by atoms with van der Waals surface area (Å²) in [6.45, 7) is 3.47. The number of benzene rings is 2. The van der Waals surface area contributed by atoms with E-state index in [-0.39, 0.29) is 11.4 Å². The number of halogens is 2. The fraction of sp³-hybridized carbons (Fsp3) is 0.100. The lowest BCUT2D eigenvalue weighted by atomic mass is 10.2. The number of aliphatic imine (C=N–C) groups is 2. The highest BCUT2D eigenvalue weighted by molar-refractivity contribution is 6.01. The molecular formula is C20H16F2N2O. The van der Waals surface area contributed by atoms with Crippen LogP contribution in [0.25, 0.3) is 0 Å². The van der Waals surface area contributed by atoms with Gasteiger partial charge in [-0.15, -0.1) is 0 Å². The predicted molar refractivity (Wildman–Crippen MR) is 95.3 cm³/mol. The van der Waals surface area contributed by atoms with Crippen molar-refractivity contribution < 1.29 is 13.2 Å². The Morgan fingerprint density at radius 2 is 1.08 bits per heavy atom. The Hall–Kier alpha value is -3.08. The van der Waals surface area contributed by atoms with E-state index in [2.05, 4.69) is 9.98 Å². The van der Waals surface area contributed by atoms with Crippen LogP contribution in [0.5, 0.6) is 0 Å². The van der Waals surface area contributed by atoms with Crippen LogP contribution in [0.4, 0.5) is 20.2 Å². The lowest BCUT2D eigenvalue weighted by molar-refractivity contribution is 0.547. The molecule has 0 fully saturated rings. The predicted octanol–water partition coefficient (Wildman–Crippen LogP) is 5.84. The van der Waals surface area contributed by atoms with Gasteiger partial charge in [0.2, 0.25) is 0 Å². The van der Waals surface area contributed by atoms with Crippen molar-refractivity contribution in [2.24, 2.45) is 9.98 Å². The van der Waals surface area contributed by atoms with E-state index in [0.717, 1.165) is 0 Å². The molecule has 0 aliphatic heterocycles. The van der Waals surface area contributed by atoms with Crippen LogP contribution in [-0.4, -0.2) is 11.4 Å². The van der Waals surface area contributed by atoms with Gasteiger partial charge in [-0.05, 0) is 50.2 Å². The first-order valence-electron chi connectivity index (χ1n) is 7.75. The van der Waals surface area contributed by atoms with Gasteiger partial charge in [0.25, 0.3) is 0 Å². The zero-order chi connectivity index (χ0) is 17.8. The average Bonchev–Trinajstić information content (AvgIpc) is 3.09. The Labute approximate surface area is 144 Å². The maximum absolute atomic E-state index is 13.7. The van der Waals surface area contributed by atoms with Crippen molar-refractivity contribution in [1.82, 2.24) is 0 Å². The van der Waals surface area contributed by atoms with E-state index in [1.165, 1.54) is 12.1 Å². The zero-order valence-corrected chi connectivity index (χ0v) is 13.8. The molecule has 0 spiro atoms. The molecule has 2 aromatic carbocycles. The molecule has 3 aromatic rings. The Morgan fingerprint density at radius 3 is 1.48 bits per heavy atom. The third-order valence-electron chi connectivity index (χ3n) is 3.60. The van der Waals surface area contributed by atoms with Gasteiger partial charge in [0, 0.05) is 0 Å². The van der Waals surface area contributed by atoms with Crippen LogP contribution >= 0.6 is 0 Å². The van der Waals surface area contributed by atoms with Gasteiger partial charge in [-0.2, -0.15) is 0 Å². The number of para-hydroxylation sites is 2. The van der Waals surface area contributed by atoms with E-state index in [1.54, 1.807) is 62.4 Å². The number of hydrogen-bond donors (Lipinski definition) is 0. The van der Waals surface area contributed by atoms with E-state index >= 15 is 0 Å². The molecule has 0 saturated heterocycles. The highest BCUT2D eigenvalue weighted by atomic mass is 19.1. The normalized spacial score (nSPS) is 12.5. The maximum Gasteiger partial charge on any atom is 0.148 e. The monoisotopic (exact) mass is 338 g/mol. The number of rotatable bonds is 4. The maximum atomic E-state index is 13.7. The van der Waals surface area contributed by atoms with Crippen molar-refractivity contribution >= 4 is 22.8 Å². The summed E-state index contributed by atoms with van der Waals surface area (Å²) >= 11 is 0. The second-order valence-electron chi connectivity index (χ2n) is 5.46. The first kappa shape index (κ1) is 16.8. The zero-order valence-electron chi connectivity index (χ0n) is 13.8. The van der Waals surface area contributed by atoms with Gasteiger partial charge in [-0.1, -0.05) is 24.3 Å². The van der Waals surface area contributed by atoms with Crippen molar-refractivity contribution in [3.05, 3.63) is 83.8 Å². The molecule has 126 valence electrons. The van der Waals surface area contributed by atoms with E-state index in [9.17, 15) is 8.78 Å². The molecule has 3 rings (SSSR count). The summed E-state index contributed by atoms with van der Waals surface area (Å²) in [5, 5.41) is 0. The SMILES string of the molecule is CC(=Nc1ccccc1F)c1ccc(C(C)=Nc2ccccc2F)o1. The summed E-state index contributed by atoms with van der Waals surface area (Å²) in [6, 6.07) is 16.0. The van der Waals surface area contributed by atoms with Gasteiger partial charge in [0.1, 0.15) is 23.2 Å². The van der Waals surface area contributed by atoms with Gasteiger partial charge in [-0.3, -0.25) is 0 Å². The van der Waals surface area contributed by atoms with Crippen molar-refractivity contribution in [3.8, 4) is 0 Å². The van der Waals surface area contributed by atoms with Crippen molar-refractivity contribution in [1.29, 1.82) is 0 Å². The molecule has 0 atom stereocenters. The fourth-order valence-corrected chi connectivity index (χ4v) is 2.28. The summed E-state index contributed by atoms with van der Waals surface area (Å²) in [4.78, 5) is 8.50. The Balaban J connectivity index is 1.87. The van der Waals surface area contributed by atoms with Gasteiger partial charge >= 0.3 is 0 Å². The lowest BCUT2D eigenvalue weighted by Crippen LogP contribution is -1.94. The minimum atomic E-state index is -0.397. The first-order valence-corrected chi connectivity index (χ1v) is 7.75. The summed E-state index contributed by atoms with van der Waals surface area (Å²) < 4.78 is 33.1. The van der Waals surface area contributed by atoms with Crippen LogP contribution in [0.1, 0.15) is 25.4 Å². The highest BCUT2D eigenvalue weighted by Gasteiger charge is 2.10. The van der Waals surface area contributed by atoms with Gasteiger partial charge in [0.15, 0.2) is 0 Å². The molecule has 1 aromatic heterocycles. The quantitative estimate of drug-likeness (QED) is 0.551. The molecule has 0 unspecified atom stereocenters. The van der Waals surface area contributed by atoms with Gasteiger partial charge in [-0.25, -0.2) is 18.8 Å². The number of hydrogen-bond acceptors (Lipinski definition) is 3. The van der Waals surface area contributed by atoms with Gasteiger partial charge in [0.05, 0.1) is 22.8 Å². The molecular weight excluding hydrogens is 322 g/mol. The average molecular weight is 338 g/mol.